The molecule has 0 saturated carbocycles. The van der Waals surface area contributed by atoms with Crippen LogP contribution in [0, 0.1) is 0 Å². The lowest BCUT2D eigenvalue weighted by Crippen LogP contribution is -2.46. The zero-order chi connectivity index (χ0) is 11.4. The van der Waals surface area contributed by atoms with Crippen molar-refractivity contribution in [2.24, 2.45) is 0 Å². The standard InChI is InChI=1S/C10H16N4OS/c1-11-10-13-8(7-16-10)6-9(15)14-4-2-12-3-5-14/h7,12H,2-6H2,1H3,(H,11,13). The third-order valence-electron chi connectivity index (χ3n) is 2.57. The fourth-order valence-corrected chi connectivity index (χ4v) is 2.36. The first-order chi connectivity index (χ1) is 7.79. The topological polar surface area (TPSA) is 57.3 Å². The molecule has 1 fully saturated rings. The van der Waals surface area contributed by atoms with E-state index >= 15 is 0 Å². The summed E-state index contributed by atoms with van der Waals surface area (Å²) in [6.45, 7) is 3.40. The maximum Gasteiger partial charge on any atom is 0.228 e. The van der Waals surface area contributed by atoms with E-state index in [0.717, 1.165) is 37.0 Å². The summed E-state index contributed by atoms with van der Waals surface area (Å²) in [5.41, 5.74) is 0.859. The van der Waals surface area contributed by atoms with E-state index in [0.29, 0.717) is 6.42 Å². The second-order valence-electron chi connectivity index (χ2n) is 3.70. The van der Waals surface area contributed by atoms with Gasteiger partial charge in [-0.1, -0.05) is 0 Å². The Kier molecular flexibility index (Phi) is 3.74. The summed E-state index contributed by atoms with van der Waals surface area (Å²) in [4.78, 5) is 18.1. The van der Waals surface area contributed by atoms with Gasteiger partial charge in [-0.2, -0.15) is 0 Å². The summed E-state index contributed by atoms with van der Waals surface area (Å²) in [5, 5.41) is 9.00. The molecule has 0 atom stereocenters. The number of hydrogen-bond donors (Lipinski definition) is 2. The van der Waals surface area contributed by atoms with Crippen molar-refractivity contribution in [3.63, 3.8) is 0 Å². The molecule has 0 aliphatic carbocycles. The van der Waals surface area contributed by atoms with Crippen molar-refractivity contribution in [2.45, 2.75) is 6.42 Å². The number of carbonyl (C=O) groups excluding carboxylic acids is 1. The van der Waals surface area contributed by atoms with Crippen molar-refractivity contribution < 1.29 is 4.79 Å². The maximum atomic E-state index is 11.9. The first-order valence-corrected chi connectivity index (χ1v) is 6.28. The van der Waals surface area contributed by atoms with E-state index in [9.17, 15) is 4.79 Å². The van der Waals surface area contributed by atoms with Crippen LogP contribution in [0.2, 0.25) is 0 Å². The first kappa shape index (κ1) is 11.3. The van der Waals surface area contributed by atoms with E-state index in [4.69, 9.17) is 0 Å². The molecule has 0 spiro atoms. The number of anilines is 1. The number of nitrogens with zero attached hydrogens (tertiary/aromatic N) is 2. The number of piperazine rings is 1. The molecule has 1 aliphatic heterocycles. The van der Waals surface area contributed by atoms with Crippen LogP contribution in [-0.2, 0) is 11.2 Å². The average molecular weight is 240 g/mol. The summed E-state index contributed by atoms with van der Waals surface area (Å²) in [5.74, 6) is 0.175. The van der Waals surface area contributed by atoms with Gasteiger partial charge in [0, 0.05) is 38.6 Å². The highest BCUT2D eigenvalue weighted by molar-refractivity contribution is 7.13. The second-order valence-corrected chi connectivity index (χ2v) is 4.56. The monoisotopic (exact) mass is 240 g/mol. The highest BCUT2D eigenvalue weighted by atomic mass is 32.1. The van der Waals surface area contributed by atoms with Crippen LogP contribution in [0.3, 0.4) is 0 Å². The minimum Gasteiger partial charge on any atom is -0.365 e. The second kappa shape index (κ2) is 5.27. The van der Waals surface area contributed by atoms with E-state index in [1.165, 1.54) is 11.3 Å². The molecule has 1 saturated heterocycles. The SMILES string of the molecule is CNc1nc(CC(=O)N2CCNCC2)cs1. The summed E-state index contributed by atoms with van der Waals surface area (Å²) in [6, 6.07) is 0. The average Bonchev–Trinajstić information content (AvgIpc) is 2.78. The number of amides is 1. The molecular formula is C10H16N4OS. The number of thiazole rings is 1. The van der Waals surface area contributed by atoms with Crippen molar-refractivity contribution in [3.8, 4) is 0 Å². The van der Waals surface area contributed by atoms with Gasteiger partial charge >= 0.3 is 0 Å². The van der Waals surface area contributed by atoms with Crippen LogP contribution in [-0.4, -0.2) is 49.0 Å². The van der Waals surface area contributed by atoms with E-state index in [2.05, 4.69) is 15.6 Å². The Bertz CT molecular complexity index is 359. The predicted molar refractivity (Wildman–Crippen MR) is 64.8 cm³/mol. The van der Waals surface area contributed by atoms with Gasteiger partial charge in [0.25, 0.3) is 0 Å². The van der Waals surface area contributed by atoms with Gasteiger partial charge in [-0.05, 0) is 0 Å². The van der Waals surface area contributed by atoms with Crippen LogP contribution < -0.4 is 10.6 Å². The number of carbonyl (C=O) groups is 1. The molecule has 0 aromatic carbocycles. The van der Waals surface area contributed by atoms with Crippen LogP contribution in [0.5, 0.6) is 0 Å². The molecule has 1 amide bonds. The molecule has 16 heavy (non-hydrogen) atoms. The Morgan fingerprint density at radius 3 is 3.00 bits per heavy atom. The maximum absolute atomic E-state index is 11.9. The van der Waals surface area contributed by atoms with Crippen LogP contribution in [0.15, 0.2) is 5.38 Å². The van der Waals surface area contributed by atoms with Crippen LogP contribution in [0.4, 0.5) is 5.13 Å². The van der Waals surface area contributed by atoms with Crippen LogP contribution >= 0.6 is 11.3 Å². The number of nitrogens with one attached hydrogen (secondary N) is 2. The van der Waals surface area contributed by atoms with Gasteiger partial charge < -0.3 is 15.5 Å². The van der Waals surface area contributed by atoms with Crippen molar-refractivity contribution >= 4 is 22.4 Å². The quantitative estimate of drug-likeness (QED) is 0.790. The molecule has 5 nitrogen and oxygen atoms in total. The molecule has 2 rings (SSSR count). The van der Waals surface area contributed by atoms with Crippen molar-refractivity contribution in [1.29, 1.82) is 0 Å². The number of aromatic nitrogens is 1. The van der Waals surface area contributed by atoms with Crippen molar-refractivity contribution in [2.75, 3.05) is 38.5 Å². The molecule has 88 valence electrons. The summed E-state index contributed by atoms with van der Waals surface area (Å²) in [6.07, 6.45) is 0.415. The molecule has 1 aromatic rings. The zero-order valence-electron chi connectivity index (χ0n) is 9.32. The number of rotatable bonds is 3. The van der Waals surface area contributed by atoms with E-state index in [1.807, 2.05) is 17.3 Å². The van der Waals surface area contributed by atoms with Gasteiger partial charge in [0.1, 0.15) is 0 Å². The fourth-order valence-electron chi connectivity index (χ4n) is 1.68. The van der Waals surface area contributed by atoms with Gasteiger partial charge in [0.05, 0.1) is 12.1 Å². The minimum atomic E-state index is 0.175. The molecule has 2 heterocycles. The van der Waals surface area contributed by atoms with Gasteiger partial charge in [-0.15, -0.1) is 11.3 Å². The largest absolute Gasteiger partial charge is 0.365 e. The fraction of sp³-hybridized carbons (Fsp3) is 0.600. The zero-order valence-corrected chi connectivity index (χ0v) is 10.1. The van der Waals surface area contributed by atoms with Gasteiger partial charge in [-0.25, -0.2) is 4.98 Å². The predicted octanol–water partition coefficient (Wildman–Crippen LogP) is 0.159. The summed E-state index contributed by atoms with van der Waals surface area (Å²) in [7, 11) is 1.83. The molecule has 0 bridgehead atoms. The molecule has 6 heteroatoms. The summed E-state index contributed by atoms with van der Waals surface area (Å²) >= 11 is 1.53. The molecule has 0 unspecified atom stereocenters. The Labute approximate surface area is 98.9 Å². The van der Waals surface area contributed by atoms with E-state index < -0.39 is 0 Å². The lowest BCUT2D eigenvalue weighted by atomic mass is 10.2. The van der Waals surface area contributed by atoms with Crippen LogP contribution in [0.25, 0.3) is 0 Å². The summed E-state index contributed by atoms with van der Waals surface area (Å²) < 4.78 is 0. The van der Waals surface area contributed by atoms with Crippen molar-refractivity contribution in [1.82, 2.24) is 15.2 Å². The van der Waals surface area contributed by atoms with E-state index in [-0.39, 0.29) is 5.91 Å². The Morgan fingerprint density at radius 1 is 1.62 bits per heavy atom. The van der Waals surface area contributed by atoms with E-state index in [1.54, 1.807) is 0 Å². The number of hydrogen-bond acceptors (Lipinski definition) is 5. The Hall–Kier alpha value is -1.14. The molecule has 1 aromatic heterocycles. The van der Waals surface area contributed by atoms with Crippen LogP contribution in [0.1, 0.15) is 5.69 Å². The van der Waals surface area contributed by atoms with Gasteiger partial charge in [0.2, 0.25) is 5.91 Å². The smallest absolute Gasteiger partial charge is 0.228 e. The normalized spacial score (nSPS) is 16.2. The molecule has 2 N–H and O–H groups in total. The third-order valence-corrected chi connectivity index (χ3v) is 3.48. The lowest BCUT2D eigenvalue weighted by molar-refractivity contribution is -0.131. The lowest BCUT2D eigenvalue weighted by Gasteiger charge is -2.27. The molecule has 1 aliphatic rings. The highest BCUT2D eigenvalue weighted by Gasteiger charge is 2.17. The molecular weight excluding hydrogens is 224 g/mol. The first-order valence-electron chi connectivity index (χ1n) is 5.40. The minimum absolute atomic E-state index is 0.175. The Balaban J connectivity index is 1.90. The Morgan fingerprint density at radius 2 is 2.38 bits per heavy atom. The molecule has 0 radical (unpaired) electrons. The highest BCUT2D eigenvalue weighted by Crippen LogP contribution is 2.15. The third kappa shape index (κ3) is 2.70. The van der Waals surface area contributed by atoms with Crippen molar-refractivity contribution in [3.05, 3.63) is 11.1 Å². The van der Waals surface area contributed by atoms with Gasteiger partial charge in [0.15, 0.2) is 5.13 Å². The van der Waals surface area contributed by atoms with Gasteiger partial charge in [-0.3, -0.25) is 4.79 Å².